The van der Waals surface area contributed by atoms with Crippen molar-refractivity contribution in [2.75, 3.05) is 0 Å². The highest BCUT2D eigenvalue weighted by Gasteiger charge is 2.26. The second-order valence-electron chi connectivity index (χ2n) is 6.91. The van der Waals surface area contributed by atoms with Gasteiger partial charge in [-0.25, -0.2) is 4.79 Å². The van der Waals surface area contributed by atoms with Crippen LogP contribution in [0.15, 0.2) is 83.3 Å². The predicted molar refractivity (Wildman–Crippen MR) is 116 cm³/mol. The van der Waals surface area contributed by atoms with Crippen molar-refractivity contribution < 1.29 is 19.0 Å². The van der Waals surface area contributed by atoms with Crippen molar-refractivity contribution in [2.45, 2.75) is 26.6 Å². The number of benzene rings is 3. The molecule has 0 saturated carbocycles. The smallest absolute Gasteiger partial charge is 0.347 e. The van der Waals surface area contributed by atoms with E-state index in [4.69, 9.17) is 14.2 Å². The zero-order valence-corrected chi connectivity index (χ0v) is 18.0. The van der Waals surface area contributed by atoms with Gasteiger partial charge in [-0.2, -0.15) is 0 Å². The Morgan fingerprint density at radius 3 is 2.24 bits per heavy atom. The van der Waals surface area contributed by atoms with Gasteiger partial charge in [-0.15, -0.1) is 0 Å². The number of carbonyl (C=O) groups excluding carboxylic acids is 1. The van der Waals surface area contributed by atoms with E-state index < -0.39 is 12.1 Å². The van der Waals surface area contributed by atoms with E-state index in [0.717, 1.165) is 15.8 Å². The first-order valence-electron chi connectivity index (χ1n) is 9.42. The number of para-hydroxylation sites is 1. The highest BCUT2D eigenvalue weighted by atomic mass is 79.9. The molecule has 1 atom stereocenters. The summed E-state index contributed by atoms with van der Waals surface area (Å²) < 4.78 is 18.2. The number of esters is 1. The Morgan fingerprint density at radius 2 is 1.55 bits per heavy atom. The van der Waals surface area contributed by atoms with E-state index in [1.807, 2.05) is 92.7 Å². The number of ether oxygens (including phenoxy) is 3. The lowest BCUT2D eigenvalue weighted by molar-refractivity contribution is -0.155. The molecular formula is C24H23BrO4. The van der Waals surface area contributed by atoms with Gasteiger partial charge < -0.3 is 14.2 Å². The van der Waals surface area contributed by atoms with Crippen LogP contribution in [0.4, 0.5) is 0 Å². The van der Waals surface area contributed by atoms with E-state index in [1.54, 1.807) is 0 Å². The third-order valence-corrected chi connectivity index (χ3v) is 4.70. The molecule has 0 aliphatic heterocycles. The zero-order chi connectivity index (χ0) is 20.6. The van der Waals surface area contributed by atoms with Crippen LogP contribution in [0, 0.1) is 5.92 Å². The summed E-state index contributed by atoms with van der Waals surface area (Å²) in [5, 5.41) is 0. The van der Waals surface area contributed by atoms with Gasteiger partial charge in [0.05, 0.1) is 0 Å². The highest BCUT2D eigenvalue weighted by molar-refractivity contribution is 9.10. The molecular weight excluding hydrogens is 432 g/mol. The monoisotopic (exact) mass is 454 g/mol. The van der Waals surface area contributed by atoms with Gasteiger partial charge in [-0.05, 0) is 54.1 Å². The maximum atomic E-state index is 12.6. The van der Waals surface area contributed by atoms with Crippen LogP contribution in [-0.4, -0.2) is 12.1 Å². The van der Waals surface area contributed by atoms with Crippen LogP contribution >= 0.6 is 15.9 Å². The third kappa shape index (κ3) is 6.36. The molecule has 3 rings (SSSR count). The molecule has 0 heterocycles. The summed E-state index contributed by atoms with van der Waals surface area (Å²) in [6.07, 6.45) is -0.681. The molecule has 29 heavy (non-hydrogen) atoms. The van der Waals surface area contributed by atoms with Gasteiger partial charge in [0.2, 0.25) is 0 Å². The number of carbonyl (C=O) groups is 1. The molecule has 5 heteroatoms. The fourth-order valence-corrected chi connectivity index (χ4v) is 2.94. The minimum absolute atomic E-state index is 0.0288. The summed E-state index contributed by atoms with van der Waals surface area (Å²) in [5.41, 5.74) is 0.845. The molecule has 0 spiro atoms. The second-order valence-corrected chi connectivity index (χ2v) is 7.82. The lowest BCUT2D eigenvalue weighted by atomic mass is 10.1. The van der Waals surface area contributed by atoms with Gasteiger partial charge in [0.25, 0.3) is 0 Å². The zero-order valence-electron chi connectivity index (χ0n) is 16.4. The summed E-state index contributed by atoms with van der Waals surface area (Å²) in [4.78, 5) is 12.6. The molecule has 0 aliphatic rings. The first-order valence-corrected chi connectivity index (χ1v) is 10.2. The summed E-state index contributed by atoms with van der Waals surface area (Å²) >= 11 is 3.39. The second kappa shape index (κ2) is 10.1. The highest BCUT2D eigenvalue weighted by Crippen LogP contribution is 2.23. The maximum Gasteiger partial charge on any atom is 0.347 e. The van der Waals surface area contributed by atoms with Gasteiger partial charge in [0.15, 0.2) is 6.10 Å². The number of hydrogen-bond donors (Lipinski definition) is 0. The molecule has 150 valence electrons. The van der Waals surface area contributed by atoms with E-state index in [-0.39, 0.29) is 12.5 Å². The molecule has 3 aromatic rings. The molecule has 0 amide bonds. The minimum atomic E-state index is -0.681. The largest absolute Gasteiger partial charge is 0.478 e. The minimum Gasteiger partial charge on any atom is -0.478 e. The first-order chi connectivity index (χ1) is 14.0. The third-order valence-electron chi connectivity index (χ3n) is 4.17. The van der Waals surface area contributed by atoms with Crippen molar-refractivity contribution in [1.29, 1.82) is 0 Å². The Kier molecular flexibility index (Phi) is 7.30. The predicted octanol–water partition coefficient (Wildman–Crippen LogP) is 6.39. The van der Waals surface area contributed by atoms with E-state index in [9.17, 15) is 4.79 Å². The standard InChI is InChI=1S/C24H23BrO4/c1-17(2)23(29-21-13-11-19(25)12-14-21)24(26)27-16-18-7-6-10-22(15-18)28-20-8-4-3-5-9-20/h3-15,17,23H,16H2,1-2H3. The molecule has 3 aromatic carbocycles. The molecule has 0 bridgehead atoms. The van der Waals surface area contributed by atoms with Crippen molar-refractivity contribution in [1.82, 2.24) is 0 Å². The molecule has 0 aliphatic carbocycles. The SMILES string of the molecule is CC(C)C(Oc1ccc(Br)cc1)C(=O)OCc1cccc(Oc2ccccc2)c1. The topological polar surface area (TPSA) is 44.8 Å². The molecule has 0 fully saturated rings. The molecule has 0 radical (unpaired) electrons. The summed E-state index contributed by atoms with van der Waals surface area (Å²) in [5.74, 6) is 1.65. The van der Waals surface area contributed by atoms with E-state index in [1.165, 1.54) is 0 Å². The van der Waals surface area contributed by atoms with Crippen molar-refractivity contribution in [3.05, 3.63) is 88.9 Å². The van der Waals surface area contributed by atoms with Crippen LogP contribution in [-0.2, 0) is 16.1 Å². The molecule has 0 N–H and O–H groups in total. The number of hydrogen-bond acceptors (Lipinski definition) is 4. The van der Waals surface area contributed by atoms with Crippen LogP contribution < -0.4 is 9.47 Å². The van der Waals surface area contributed by atoms with Gasteiger partial charge in [-0.1, -0.05) is 60.1 Å². The fraction of sp³-hybridized carbons (Fsp3) is 0.208. The fourth-order valence-electron chi connectivity index (χ4n) is 2.68. The average molecular weight is 455 g/mol. The average Bonchev–Trinajstić information content (AvgIpc) is 2.72. The molecule has 0 saturated heterocycles. The van der Waals surface area contributed by atoms with E-state index >= 15 is 0 Å². The first kappa shape index (κ1) is 20.9. The molecule has 1 unspecified atom stereocenters. The maximum absolute atomic E-state index is 12.6. The molecule has 0 aromatic heterocycles. The van der Waals surface area contributed by atoms with Crippen LogP contribution in [0.1, 0.15) is 19.4 Å². The summed E-state index contributed by atoms with van der Waals surface area (Å²) in [7, 11) is 0. The van der Waals surface area contributed by atoms with Gasteiger partial charge in [0.1, 0.15) is 23.9 Å². The van der Waals surface area contributed by atoms with Crippen LogP contribution in [0.2, 0.25) is 0 Å². The Morgan fingerprint density at radius 1 is 0.862 bits per heavy atom. The van der Waals surface area contributed by atoms with Crippen molar-refractivity contribution in [3.63, 3.8) is 0 Å². The van der Waals surface area contributed by atoms with E-state index in [2.05, 4.69) is 15.9 Å². The lowest BCUT2D eigenvalue weighted by Crippen LogP contribution is -2.34. The van der Waals surface area contributed by atoms with Crippen molar-refractivity contribution >= 4 is 21.9 Å². The quantitative estimate of drug-likeness (QED) is 0.370. The Balaban J connectivity index is 1.60. The number of halogens is 1. The summed E-state index contributed by atoms with van der Waals surface area (Å²) in [6.45, 7) is 4.01. The van der Waals surface area contributed by atoms with Gasteiger partial charge in [-0.3, -0.25) is 0 Å². The normalized spacial score (nSPS) is 11.7. The Hall–Kier alpha value is -2.79. The Labute approximate surface area is 179 Å². The number of rotatable bonds is 8. The van der Waals surface area contributed by atoms with E-state index in [0.29, 0.717) is 11.5 Å². The van der Waals surface area contributed by atoms with Crippen LogP contribution in [0.3, 0.4) is 0 Å². The van der Waals surface area contributed by atoms with Gasteiger partial charge >= 0.3 is 5.97 Å². The summed E-state index contributed by atoms with van der Waals surface area (Å²) in [6, 6.07) is 24.4. The van der Waals surface area contributed by atoms with Crippen molar-refractivity contribution in [3.8, 4) is 17.2 Å². The van der Waals surface area contributed by atoms with Gasteiger partial charge in [0, 0.05) is 10.4 Å². The lowest BCUT2D eigenvalue weighted by Gasteiger charge is -2.21. The van der Waals surface area contributed by atoms with Crippen LogP contribution in [0.25, 0.3) is 0 Å². The van der Waals surface area contributed by atoms with Crippen molar-refractivity contribution in [2.24, 2.45) is 5.92 Å². The Bertz CT molecular complexity index is 923. The molecule has 4 nitrogen and oxygen atoms in total. The van der Waals surface area contributed by atoms with Crippen LogP contribution in [0.5, 0.6) is 17.2 Å².